The van der Waals surface area contributed by atoms with E-state index in [9.17, 15) is 19.3 Å². The predicted octanol–water partition coefficient (Wildman–Crippen LogP) is 3.39. The van der Waals surface area contributed by atoms with Gasteiger partial charge in [-0.1, -0.05) is 24.3 Å². The van der Waals surface area contributed by atoms with E-state index in [4.69, 9.17) is 4.74 Å². The van der Waals surface area contributed by atoms with Gasteiger partial charge in [-0.3, -0.25) is 10.1 Å². The minimum atomic E-state index is -0.737. The quantitative estimate of drug-likeness (QED) is 0.375. The van der Waals surface area contributed by atoms with E-state index in [0.717, 1.165) is 0 Å². The summed E-state index contributed by atoms with van der Waals surface area (Å²) >= 11 is 0. The second-order valence-corrected chi connectivity index (χ2v) is 5.06. The summed E-state index contributed by atoms with van der Waals surface area (Å²) in [6, 6.07) is 10.3. The van der Waals surface area contributed by atoms with Gasteiger partial charge in [0.2, 0.25) is 5.90 Å². The van der Waals surface area contributed by atoms with E-state index in [0.29, 0.717) is 11.1 Å². The zero-order chi connectivity index (χ0) is 17.3. The largest absolute Gasteiger partial charge is 0.402 e. The van der Waals surface area contributed by atoms with Crippen molar-refractivity contribution < 1.29 is 18.8 Å². The van der Waals surface area contributed by atoms with Crippen molar-refractivity contribution in [3.63, 3.8) is 0 Å². The number of halogens is 1. The molecule has 1 aliphatic rings. The van der Waals surface area contributed by atoms with Crippen molar-refractivity contribution in [2.24, 2.45) is 4.99 Å². The maximum absolute atomic E-state index is 13.7. The number of carbonyl (C=O) groups is 1. The van der Waals surface area contributed by atoms with Crippen molar-refractivity contribution in [3.05, 3.63) is 80.8 Å². The van der Waals surface area contributed by atoms with Crippen molar-refractivity contribution in [2.45, 2.75) is 6.92 Å². The molecule has 120 valence electrons. The third-order valence-electron chi connectivity index (χ3n) is 3.55. The van der Waals surface area contributed by atoms with Gasteiger partial charge >= 0.3 is 5.97 Å². The molecule has 0 fully saturated rings. The topological polar surface area (TPSA) is 81.8 Å². The summed E-state index contributed by atoms with van der Waals surface area (Å²) in [5.41, 5.74) is 0.708. The first-order chi connectivity index (χ1) is 11.5. The molecule has 7 heteroatoms. The highest BCUT2D eigenvalue weighted by molar-refractivity contribution is 6.13. The lowest BCUT2D eigenvalue weighted by atomic mass is 10.1. The van der Waals surface area contributed by atoms with Crippen LogP contribution >= 0.6 is 0 Å². The molecule has 0 spiro atoms. The monoisotopic (exact) mass is 326 g/mol. The molecule has 0 unspecified atom stereocenters. The van der Waals surface area contributed by atoms with Gasteiger partial charge in [0, 0.05) is 22.8 Å². The van der Waals surface area contributed by atoms with Gasteiger partial charge in [0.25, 0.3) is 5.69 Å². The zero-order valence-electron chi connectivity index (χ0n) is 12.5. The van der Waals surface area contributed by atoms with E-state index < -0.39 is 16.7 Å². The van der Waals surface area contributed by atoms with Crippen LogP contribution in [-0.4, -0.2) is 16.8 Å². The minimum Gasteiger partial charge on any atom is -0.402 e. The molecule has 2 aromatic carbocycles. The van der Waals surface area contributed by atoms with Crippen LogP contribution in [0.2, 0.25) is 0 Å². The molecule has 0 bridgehead atoms. The molecule has 6 nitrogen and oxygen atoms in total. The van der Waals surface area contributed by atoms with Crippen molar-refractivity contribution >= 4 is 23.6 Å². The van der Waals surface area contributed by atoms with Gasteiger partial charge in [-0.25, -0.2) is 14.2 Å². The number of nitro benzene ring substituents is 1. The van der Waals surface area contributed by atoms with Crippen molar-refractivity contribution in [1.29, 1.82) is 0 Å². The van der Waals surface area contributed by atoms with Crippen LogP contribution in [0.25, 0.3) is 6.08 Å². The Kier molecular flexibility index (Phi) is 3.91. The van der Waals surface area contributed by atoms with Crippen LogP contribution in [0, 0.1) is 22.9 Å². The van der Waals surface area contributed by atoms with Gasteiger partial charge in [0.15, 0.2) is 5.70 Å². The second-order valence-electron chi connectivity index (χ2n) is 5.06. The second kappa shape index (κ2) is 6.04. The van der Waals surface area contributed by atoms with Crippen LogP contribution in [-0.2, 0) is 9.53 Å². The molecule has 0 aromatic heterocycles. The Morgan fingerprint density at radius 2 is 1.96 bits per heavy atom. The normalized spacial score (nSPS) is 15.3. The molecule has 0 N–H and O–H groups in total. The standard InChI is InChI=1S/C17H11FN2O4/c1-10-12(6-4-8-15(10)20(22)23)16-19-14(17(21)24-16)9-11-5-2-3-7-13(11)18/h2-9H,1H3/b14-9+. The highest BCUT2D eigenvalue weighted by Gasteiger charge is 2.27. The summed E-state index contributed by atoms with van der Waals surface area (Å²) in [6.07, 6.45) is 1.28. The third kappa shape index (κ3) is 2.79. The number of aliphatic imine (C=N–C) groups is 1. The summed E-state index contributed by atoms with van der Waals surface area (Å²) in [5, 5.41) is 11.0. The highest BCUT2D eigenvalue weighted by atomic mass is 19.1. The number of nitrogens with zero attached hydrogens (tertiary/aromatic N) is 2. The van der Waals surface area contributed by atoms with E-state index in [-0.39, 0.29) is 22.8 Å². The Balaban J connectivity index is 2.03. The number of ether oxygens (including phenoxy) is 1. The van der Waals surface area contributed by atoms with Gasteiger partial charge in [-0.15, -0.1) is 0 Å². The number of rotatable bonds is 3. The van der Waals surface area contributed by atoms with Crippen LogP contribution in [0.5, 0.6) is 0 Å². The Hall–Kier alpha value is -3.35. The number of cyclic esters (lactones) is 1. The van der Waals surface area contributed by atoms with E-state index in [2.05, 4.69) is 4.99 Å². The average molecular weight is 326 g/mol. The van der Waals surface area contributed by atoms with Crippen LogP contribution in [0.4, 0.5) is 10.1 Å². The van der Waals surface area contributed by atoms with Crippen LogP contribution in [0.15, 0.2) is 53.2 Å². The fourth-order valence-corrected chi connectivity index (χ4v) is 2.32. The first-order valence-corrected chi connectivity index (χ1v) is 6.99. The molecule has 2 aromatic rings. The van der Waals surface area contributed by atoms with Gasteiger partial charge < -0.3 is 4.74 Å². The Morgan fingerprint density at radius 3 is 2.67 bits per heavy atom. The molecule has 0 atom stereocenters. The third-order valence-corrected chi connectivity index (χ3v) is 3.55. The Morgan fingerprint density at radius 1 is 1.21 bits per heavy atom. The molecule has 1 heterocycles. The molecular formula is C17H11FN2O4. The predicted molar refractivity (Wildman–Crippen MR) is 84.8 cm³/mol. The SMILES string of the molecule is Cc1c(C2=N/C(=C/c3ccccc3F)C(=O)O2)cccc1[N+](=O)[O-]. The lowest BCUT2D eigenvalue weighted by Crippen LogP contribution is -2.08. The van der Waals surface area contributed by atoms with Crippen molar-refractivity contribution in [1.82, 2.24) is 0 Å². The maximum atomic E-state index is 13.7. The maximum Gasteiger partial charge on any atom is 0.363 e. The van der Waals surface area contributed by atoms with Crippen LogP contribution < -0.4 is 0 Å². The molecule has 0 aliphatic carbocycles. The first-order valence-electron chi connectivity index (χ1n) is 6.99. The molecule has 1 aliphatic heterocycles. The smallest absolute Gasteiger partial charge is 0.363 e. The van der Waals surface area contributed by atoms with Crippen LogP contribution in [0.3, 0.4) is 0 Å². The molecule has 24 heavy (non-hydrogen) atoms. The van der Waals surface area contributed by atoms with Gasteiger partial charge in [0.1, 0.15) is 5.82 Å². The van der Waals surface area contributed by atoms with Gasteiger partial charge in [0.05, 0.1) is 4.92 Å². The lowest BCUT2D eigenvalue weighted by molar-refractivity contribution is -0.385. The van der Waals surface area contributed by atoms with Crippen molar-refractivity contribution in [3.8, 4) is 0 Å². The summed E-state index contributed by atoms with van der Waals surface area (Å²) in [5.74, 6) is -1.27. The number of benzene rings is 2. The van der Waals surface area contributed by atoms with Gasteiger partial charge in [-0.2, -0.15) is 0 Å². The lowest BCUT2D eigenvalue weighted by Gasteiger charge is -2.04. The van der Waals surface area contributed by atoms with E-state index >= 15 is 0 Å². The summed E-state index contributed by atoms with van der Waals surface area (Å²) in [7, 11) is 0. The van der Waals surface area contributed by atoms with Gasteiger partial charge in [-0.05, 0) is 25.1 Å². The summed E-state index contributed by atoms with van der Waals surface area (Å²) in [4.78, 5) is 26.5. The number of hydrogen-bond acceptors (Lipinski definition) is 5. The average Bonchev–Trinajstić information content (AvgIpc) is 2.90. The summed E-state index contributed by atoms with van der Waals surface area (Å²) < 4.78 is 18.8. The van der Waals surface area contributed by atoms with E-state index in [1.165, 1.54) is 36.4 Å². The van der Waals surface area contributed by atoms with Crippen LogP contribution in [0.1, 0.15) is 16.7 Å². The van der Waals surface area contributed by atoms with E-state index in [1.54, 1.807) is 19.1 Å². The molecule has 0 saturated carbocycles. The molecule has 0 amide bonds. The highest BCUT2D eigenvalue weighted by Crippen LogP contribution is 2.26. The number of nitro groups is 1. The first kappa shape index (κ1) is 15.5. The van der Waals surface area contributed by atoms with E-state index in [1.807, 2.05) is 0 Å². The number of hydrogen-bond donors (Lipinski definition) is 0. The fraction of sp³-hybridized carbons (Fsp3) is 0.0588. The summed E-state index contributed by atoms with van der Waals surface area (Å²) in [6.45, 7) is 1.54. The van der Waals surface area contributed by atoms with Crippen molar-refractivity contribution in [2.75, 3.05) is 0 Å². The number of carbonyl (C=O) groups excluding carboxylic acids is 1. The molecule has 3 rings (SSSR count). The molecule has 0 saturated heterocycles. The number of esters is 1. The Bertz CT molecular complexity index is 919. The Labute approximate surface area is 136 Å². The minimum absolute atomic E-state index is 0.0382. The fourth-order valence-electron chi connectivity index (χ4n) is 2.32. The molecular weight excluding hydrogens is 315 g/mol. The zero-order valence-corrected chi connectivity index (χ0v) is 12.5. The molecule has 0 radical (unpaired) electrons.